The van der Waals surface area contributed by atoms with Crippen molar-refractivity contribution in [2.45, 2.75) is 12.6 Å². The van der Waals surface area contributed by atoms with E-state index in [2.05, 4.69) is 0 Å². The van der Waals surface area contributed by atoms with Gasteiger partial charge in [0.2, 0.25) is 0 Å². The summed E-state index contributed by atoms with van der Waals surface area (Å²) < 4.78 is 50.2. The predicted octanol–water partition coefficient (Wildman–Crippen LogP) is 3.52. The Kier molecular flexibility index (Phi) is 3.54. The van der Waals surface area contributed by atoms with E-state index in [-0.39, 0.29) is 9.13 Å². The van der Waals surface area contributed by atoms with Crippen LogP contribution < -0.4 is 0 Å². The maximum Gasteiger partial charge on any atom is 0.416 e. The van der Waals surface area contributed by atoms with Gasteiger partial charge in [-0.1, -0.05) is 0 Å². The van der Waals surface area contributed by atoms with Crippen LogP contribution in [0.25, 0.3) is 0 Å². The lowest BCUT2D eigenvalue weighted by Gasteiger charge is -2.11. The van der Waals surface area contributed by atoms with E-state index in [1.807, 2.05) is 0 Å². The van der Waals surface area contributed by atoms with Crippen molar-refractivity contribution in [1.29, 1.82) is 5.26 Å². The van der Waals surface area contributed by atoms with E-state index >= 15 is 0 Å². The SMILES string of the molecule is N#CCc1cc(F)c(I)cc1C(F)(F)F. The quantitative estimate of drug-likeness (QED) is 0.571. The zero-order chi connectivity index (χ0) is 11.6. The molecule has 0 spiro atoms. The molecule has 0 fully saturated rings. The molecule has 0 unspecified atom stereocenters. The first-order valence-electron chi connectivity index (χ1n) is 3.78. The summed E-state index contributed by atoms with van der Waals surface area (Å²) in [6.07, 6.45) is -5.01. The summed E-state index contributed by atoms with van der Waals surface area (Å²) in [6, 6.07) is 3.04. The van der Waals surface area contributed by atoms with Crippen molar-refractivity contribution >= 4 is 22.6 Å². The molecule has 0 saturated carbocycles. The van der Waals surface area contributed by atoms with Crippen LogP contribution in [0.1, 0.15) is 11.1 Å². The molecule has 0 heterocycles. The number of rotatable bonds is 1. The molecule has 0 aliphatic carbocycles. The van der Waals surface area contributed by atoms with E-state index < -0.39 is 24.0 Å². The standard InChI is InChI=1S/C9H4F4IN/c10-7-3-5(1-2-15)6(4-8(7)14)9(11,12)13/h3-4H,1H2. The van der Waals surface area contributed by atoms with Gasteiger partial charge in [0, 0.05) is 3.57 Å². The number of nitrogens with zero attached hydrogens (tertiary/aromatic N) is 1. The zero-order valence-corrected chi connectivity index (χ0v) is 9.36. The molecule has 0 N–H and O–H groups in total. The van der Waals surface area contributed by atoms with Crippen LogP contribution in [0.15, 0.2) is 12.1 Å². The largest absolute Gasteiger partial charge is 0.416 e. The summed E-state index contributed by atoms with van der Waals surface area (Å²) in [6.45, 7) is 0. The minimum atomic E-state index is -4.56. The van der Waals surface area contributed by atoms with Gasteiger partial charge in [0.05, 0.1) is 18.1 Å². The Morgan fingerprint density at radius 1 is 1.33 bits per heavy atom. The number of nitriles is 1. The van der Waals surface area contributed by atoms with Gasteiger partial charge >= 0.3 is 6.18 Å². The third kappa shape index (κ3) is 2.81. The predicted molar refractivity (Wildman–Crippen MR) is 53.4 cm³/mol. The number of halogens is 5. The van der Waals surface area contributed by atoms with Gasteiger partial charge in [0.15, 0.2) is 0 Å². The van der Waals surface area contributed by atoms with Crippen molar-refractivity contribution in [1.82, 2.24) is 0 Å². The van der Waals surface area contributed by atoms with Crippen LogP contribution in [0, 0.1) is 20.7 Å². The summed E-state index contributed by atoms with van der Waals surface area (Å²) in [5.74, 6) is -0.742. The Labute approximate surface area is 96.8 Å². The fourth-order valence-electron chi connectivity index (χ4n) is 1.08. The van der Waals surface area contributed by atoms with Crippen LogP contribution in [-0.4, -0.2) is 0 Å². The monoisotopic (exact) mass is 329 g/mol. The molecule has 0 bridgehead atoms. The second-order valence-electron chi connectivity index (χ2n) is 2.76. The molecule has 6 heteroatoms. The molecule has 0 radical (unpaired) electrons. The van der Waals surface area contributed by atoms with Crippen molar-refractivity contribution in [2.75, 3.05) is 0 Å². The lowest BCUT2D eigenvalue weighted by molar-refractivity contribution is -0.138. The van der Waals surface area contributed by atoms with Crippen LogP contribution in [0.2, 0.25) is 0 Å². The number of alkyl halides is 3. The third-order valence-electron chi connectivity index (χ3n) is 1.72. The van der Waals surface area contributed by atoms with E-state index in [1.54, 1.807) is 6.07 Å². The van der Waals surface area contributed by atoms with Crippen LogP contribution in [-0.2, 0) is 12.6 Å². The first-order chi connectivity index (χ1) is 6.86. The molecule has 0 amide bonds. The van der Waals surface area contributed by atoms with Crippen molar-refractivity contribution < 1.29 is 17.6 Å². The minimum absolute atomic E-state index is 0.110. The molecule has 0 aromatic heterocycles. The topological polar surface area (TPSA) is 23.8 Å². The summed E-state index contributed by atoms with van der Waals surface area (Å²) in [5, 5.41) is 8.33. The lowest BCUT2D eigenvalue weighted by atomic mass is 10.0. The summed E-state index contributed by atoms with van der Waals surface area (Å²) >= 11 is 1.48. The Balaban J connectivity index is 3.36. The molecule has 1 nitrogen and oxygen atoms in total. The fourth-order valence-corrected chi connectivity index (χ4v) is 1.55. The van der Waals surface area contributed by atoms with Gasteiger partial charge in [-0.3, -0.25) is 0 Å². The molecular weight excluding hydrogens is 325 g/mol. The fraction of sp³-hybridized carbons (Fsp3) is 0.222. The molecule has 1 rings (SSSR count). The minimum Gasteiger partial charge on any atom is -0.206 e. The second-order valence-corrected chi connectivity index (χ2v) is 3.92. The summed E-state index contributed by atoms with van der Waals surface area (Å²) in [7, 11) is 0. The normalized spacial score (nSPS) is 11.2. The number of hydrogen-bond donors (Lipinski definition) is 0. The maximum absolute atomic E-state index is 13.0. The Morgan fingerprint density at radius 3 is 2.40 bits per heavy atom. The van der Waals surface area contributed by atoms with Gasteiger partial charge in [-0.25, -0.2) is 4.39 Å². The lowest BCUT2D eigenvalue weighted by Crippen LogP contribution is -2.10. The molecule has 0 saturated heterocycles. The molecule has 0 aliphatic heterocycles. The highest BCUT2D eigenvalue weighted by atomic mass is 127. The third-order valence-corrected chi connectivity index (χ3v) is 2.55. The molecule has 1 aromatic rings. The molecular formula is C9H4F4IN. The zero-order valence-electron chi connectivity index (χ0n) is 7.20. The van der Waals surface area contributed by atoms with Gasteiger partial charge in [0.25, 0.3) is 0 Å². The average molecular weight is 329 g/mol. The van der Waals surface area contributed by atoms with Crippen molar-refractivity contribution in [3.8, 4) is 6.07 Å². The van der Waals surface area contributed by atoms with Crippen LogP contribution in [0.4, 0.5) is 17.6 Å². The first kappa shape index (κ1) is 12.2. The van der Waals surface area contributed by atoms with E-state index in [9.17, 15) is 17.6 Å². The van der Waals surface area contributed by atoms with Gasteiger partial charge in [-0.2, -0.15) is 18.4 Å². The van der Waals surface area contributed by atoms with E-state index in [1.165, 1.54) is 22.6 Å². The molecule has 15 heavy (non-hydrogen) atoms. The summed E-state index contributed by atoms with van der Waals surface area (Å²) in [5.41, 5.74) is -1.28. The Bertz CT molecular complexity index is 419. The Morgan fingerprint density at radius 2 is 1.93 bits per heavy atom. The molecule has 0 atom stereocenters. The van der Waals surface area contributed by atoms with Gasteiger partial charge in [-0.05, 0) is 40.3 Å². The summed E-state index contributed by atoms with van der Waals surface area (Å²) in [4.78, 5) is 0. The van der Waals surface area contributed by atoms with Gasteiger partial charge < -0.3 is 0 Å². The van der Waals surface area contributed by atoms with Gasteiger partial charge in [-0.15, -0.1) is 0 Å². The number of benzene rings is 1. The molecule has 80 valence electrons. The smallest absolute Gasteiger partial charge is 0.206 e. The van der Waals surface area contributed by atoms with Crippen LogP contribution in [0.5, 0.6) is 0 Å². The van der Waals surface area contributed by atoms with Gasteiger partial charge in [0.1, 0.15) is 5.82 Å². The highest BCUT2D eigenvalue weighted by Gasteiger charge is 2.34. The van der Waals surface area contributed by atoms with Crippen molar-refractivity contribution in [3.05, 3.63) is 32.6 Å². The molecule has 0 aliphatic rings. The maximum atomic E-state index is 13.0. The van der Waals surface area contributed by atoms with Crippen molar-refractivity contribution in [2.24, 2.45) is 0 Å². The average Bonchev–Trinajstić information content (AvgIpc) is 2.09. The van der Waals surface area contributed by atoms with E-state index in [0.29, 0.717) is 6.07 Å². The molecule has 1 aromatic carbocycles. The van der Waals surface area contributed by atoms with Crippen molar-refractivity contribution in [3.63, 3.8) is 0 Å². The Hall–Kier alpha value is -0.840. The second kappa shape index (κ2) is 4.35. The van der Waals surface area contributed by atoms with E-state index in [0.717, 1.165) is 6.07 Å². The van der Waals surface area contributed by atoms with E-state index in [4.69, 9.17) is 5.26 Å². The number of hydrogen-bond acceptors (Lipinski definition) is 1. The highest BCUT2D eigenvalue weighted by molar-refractivity contribution is 14.1. The van der Waals surface area contributed by atoms with Crippen LogP contribution >= 0.6 is 22.6 Å². The first-order valence-corrected chi connectivity index (χ1v) is 4.86. The van der Waals surface area contributed by atoms with Crippen LogP contribution in [0.3, 0.4) is 0 Å². The highest BCUT2D eigenvalue weighted by Crippen LogP contribution is 2.34.